The Hall–Kier alpha value is -2.65. The van der Waals surface area contributed by atoms with Gasteiger partial charge in [0.25, 0.3) is 5.69 Å². The number of rotatable bonds is 4. The number of nitro benzene ring substituents is 1. The minimum absolute atomic E-state index is 0.0765. The van der Waals surface area contributed by atoms with Crippen molar-refractivity contribution in [2.75, 3.05) is 0 Å². The SMILES string of the molecule is N#Cc1ccc(F)c(COc2cc([N+](=O)[O-])ccc2Cl)c1. The predicted octanol–water partition coefficient (Wildman–Crippen LogP) is 3.84. The molecule has 2 aromatic rings. The van der Waals surface area contributed by atoms with Gasteiger partial charge in [-0.25, -0.2) is 4.39 Å². The summed E-state index contributed by atoms with van der Waals surface area (Å²) in [6, 6.07) is 9.48. The van der Waals surface area contributed by atoms with Crippen LogP contribution in [0.15, 0.2) is 36.4 Å². The highest BCUT2D eigenvalue weighted by atomic mass is 35.5. The van der Waals surface area contributed by atoms with Crippen LogP contribution in [0.4, 0.5) is 10.1 Å². The van der Waals surface area contributed by atoms with Crippen molar-refractivity contribution in [1.29, 1.82) is 5.26 Å². The lowest BCUT2D eigenvalue weighted by Crippen LogP contribution is -2.00. The Morgan fingerprint density at radius 1 is 1.33 bits per heavy atom. The van der Waals surface area contributed by atoms with E-state index in [1.165, 1.54) is 24.3 Å². The Balaban J connectivity index is 2.22. The van der Waals surface area contributed by atoms with Crippen LogP contribution >= 0.6 is 11.6 Å². The molecule has 0 fully saturated rings. The van der Waals surface area contributed by atoms with E-state index >= 15 is 0 Å². The van der Waals surface area contributed by atoms with Crippen LogP contribution in [0.3, 0.4) is 0 Å². The second kappa shape index (κ2) is 6.20. The predicted molar refractivity (Wildman–Crippen MR) is 73.6 cm³/mol. The molecular formula is C14H8ClFN2O3. The first-order chi connectivity index (χ1) is 10.0. The van der Waals surface area contributed by atoms with Gasteiger partial charge in [-0.1, -0.05) is 11.6 Å². The molecule has 0 aliphatic heterocycles. The van der Waals surface area contributed by atoms with Crippen LogP contribution in [0.25, 0.3) is 0 Å². The van der Waals surface area contributed by atoms with Gasteiger partial charge in [-0.2, -0.15) is 5.26 Å². The third-order valence-electron chi connectivity index (χ3n) is 2.68. The standard InChI is InChI=1S/C14H8ClFN2O3/c15-12-3-2-11(18(19)20)6-14(12)21-8-10-5-9(7-17)1-4-13(10)16/h1-6H,8H2. The first kappa shape index (κ1) is 14.8. The molecule has 0 saturated heterocycles. The van der Waals surface area contributed by atoms with E-state index in [2.05, 4.69) is 0 Å². The summed E-state index contributed by atoms with van der Waals surface area (Å²) in [6.45, 7) is -0.192. The Kier molecular flexibility index (Phi) is 4.36. The van der Waals surface area contributed by atoms with Gasteiger partial charge in [0.1, 0.15) is 18.2 Å². The van der Waals surface area contributed by atoms with Crippen molar-refractivity contribution in [3.63, 3.8) is 0 Å². The Bertz CT molecular complexity index is 743. The van der Waals surface area contributed by atoms with Crippen molar-refractivity contribution < 1.29 is 14.1 Å². The van der Waals surface area contributed by atoms with Gasteiger partial charge in [0.05, 0.1) is 27.6 Å². The summed E-state index contributed by atoms with van der Waals surface area (Å²) in [6.07, 6.45) is 0. The highest BCUT2D eigenvalue weighted by molar-refractivity contribution is 6.32. The molecule has 0 unspecified atom stereocenters. The fraction of sp³-hybridized carbons (Fsp3) is 0.0714. The van der Waals surface area contributed by atoms with Crippen LogP contribution < -0.4 is 4.74 Å². The van der Waals surface area contributed by atoms with Crippen LogP contribution in [0, 0.1) is 27.3 Å². The quantitative estimate of drug-likeness (QED) is 0.635. The van der Waals surface area contributed by atoms with Gasteiger partial charge in [-0.05, 0) is 24.3 Å². The molecule has 2 rings (SSSR count). The van der Waals surface area contributed by atoms with E-state index in [0.29, 0.717) is 5.56 Å². The zero-order chi connectivity index (χ0) is 15.4. The molecule has 0 amide bonds. The Labute approximate surface area is 124 Å². The molecule has 7 heteroatoms. The van der Waals surface area contributed by atoms with Gasteiger partial charge in [-0.15, -0.1) is 0 Å². The average molecular weight is 307 g/mol. The highest BCUT2D eigenvalue weighted by Crippen LogP contribution is 2.29. The third-order valence-corrected chi connectivity index (χ3v) is 3.00. The van der Waals surface area contributed by atoms with Crippen LogP contribution in [-0.4, -0.2) is 4.92 Å². The Morgan fingerprint density at radius 2 is 2.10 bits per heavy atom. The van der Waals surface area contributed by atoms with Crippen molar-refractivity contribution >= 4 is 17.3 Å². The number of nitriles is 1. The number of nitrogens with zero attached hydrogens (tertiary/aromatic N) is 2. The maximum absolute atomic E-state index is 13.6. The smallest absolute Gasteiger partial charge is 0.273 e. The maximum atomic E-state index is 13.6. The zero-order valence-electron chi connectivity index (χ0n) is 10.5. The number of non-ortho nitro benzene ring substituents is 1. The summed E-state index contributed by atoms with van der Waals surface area (Å²) < 4.78 is 18.9. The molecule has 5 nitrogen and oxygen atoms in total. The fourth-order valence-corrected chi connectivity index (χ4v) is 1.80. The summed E-state index contributed by atoms with van der Waals surface area (Å²) >= 11 is 5.87. The molecule has 0 aliphatic rings. The molecule has 0 atom stereocenters. The van der Waals surface area contributed by atoms with E-state index in [0.717, 1.165) is 12.1 Å². The zero-order valence-corrected chi connectivity index (χ0v) is 11.3. The summed E-state index contributed by atoms with van der Waals surface area (Å²) in [7, 11) is 0. The maximum Gasteiger partial charge on any atom is 0.273 e. The molecule has 0 aliphatic carbocycles. The number of benzene rings is 2. The fourth-order valence-electron chi connectivity index (χ4n) is 1.63. The second-order valence-electron chi connectivity index (χ2n) is 4.08. The molecule has 106 valence electrons. The second-order valence-corrected chi connectivity index (χ2v) is 4.49. The number of nitro groups is 1. The normalized spacial score (nSPS) is 9.95. The van der Waals surface area contributed by atoms with E-state index in [1.807, 2.05) is 6.07 Å². The summed E-state index contributed by atoms with van der Waals surface area (Å²) in [5, 5.41) is 19.6. The summed E-state index contributed by atoms with van der Waals surface area (Å²) in [4.78, 5) is 10.1. The van der Waals surface area contributed by atoms with Gasteiger partial charge in [0.15, 0.2) is 0 Å². The molecule has 0 saturated carbocycles. The van der Waals surface area contributed by atoms with Gasteiger partial charge in [0.2, 0.25) is 0 Å². The first-order valence-electron chi connectivity index (χ1n) is 5.76. The molecular weight excluding hydrogens is 299 g/mol. The highest BCUT2D eigenvalue weighted by Gasteiger charge is 2.12. The van der Waals surface area contributed by atoms with Crippen molar-refractivity contribution in [3.8, 4) is 11.8 Å². The number of hydrogen-bond acceptors (Lipinski definition) is 4. The lowest BCUT2D eigenvalue weighted by Gasteiger charge is -2.09. The largest absolute Gasteiger partial charge is 0.487 e. The topological polar surface area (TPSA) is 76.2 Å². The van der Waals surface area contributed by atoms with E-state index < -0.39 is 10.7 Å². The lowest BCUT2D eigenvalue weighted by molar-refractivity contribution is -0.384. The molecule has 0 radical (unpaired) electrons. The third kappa shape index (κ3) is 3.46. The minimum atomic E-state index is -0.583. The van der Waals surface area contributed by atoms with Crippen LogP contribution in [-0.2, 0) is 6.61 Å². The van der Waals surface area contributed by atoms with Crippen molar-refractivity contribution in [2.45, 2.75) is 6.61 Å². The number of halogens is 2. The average Bonchev–Trinajstić information content (AvgIpc) is 2.47. The Morgan fingerprint density at radius 3 is 2.76 bits per heavy atom. The monoisotopic (exact) mass is 306 g/mol. The van der Waals surface area contributed by atoms with Crippen LogP contribution in [0.1, 0.15) is 11.1 Å². The summed E-state index contributed by atoms with van der Waals surface area (Å²) in [5.74, 6) is -0.455. The number of hydrogen-bond donors (Lipinski definition) is 0. The van der Waals surface area contributed by atoms with E-state index in [-0.39, 0.29) is 28.6 Å². The first-order valence-corrected chi connectivity index (χ1v) is 6.14. The van der Waals surface area contributed by atoms with Crippen molar-refractivity contribution in [3.05, 3.63) is 68.5 Å². The molecule has 0 spiro atoms. The van der Waals surface area contributed by atoms with Crippen LogP contribution in [0.5, 0.6) is 5.75 Å². The van der Waals surface area contributed by atoms with Crippen molar-refractivity contribution in [2.24, 2.45) is 0 Å². The van der Waals surface area contributed by atoms with Crippen LogP contribution in [0.2, 0.25) is 5.02 Å². The molecule has 0 bridgehead atoms. The van der Waals surface area contributed by atoms with Gasteiger partial charge in [-0.3, -0.25) is 10.1 Å². The van der Waals surface area contributed by atoms with E-state index in [4.69, 9.17) is 21.6 Å². The molecule has 2 aromatic carbocycles. The molecule has 0 aromatic heterocycles. The van der Waals surface area contributed by atoms with Gasteiger partial charge >= 0.3 is 0 Å². The number of ether oxygens (including phenoxy) is 1. The molecule has 0 N–H and O–H groups in total. The van der Waals surface area contributed by atoms with Crippen molar-refractivity contribution in [1.82, 2.24) is 0 Å². The molecule has 0 heterocycles. The van der Waals surface area contributed by atoms with Gasteiger partial charge in [0, 0.05) is 11.6 Å². The minimum Gasteiger partial charge on any atom is -0.487 e. The molecule has 21 heavy (non-hydrogen) atoms. The summed E-state index contributed by atoms with van der Waals surface area (Å²) in [5.41, 5.74) is 0.275. The van der Waals surface area contributed by atoms with E-state index in [1.54, 1.807) is 0 Å². The lowest BCUT2D eigenvalue weighted by atomic mass is 10.1. The van der Waals surface area contributed by atoms with E-state index in [9.17, 15) is 14.5 Å². The van der Waals surface area contributed by atoms with Gasteiger partial charge < -0.3 is 4.74 Å².